The van der Waals surface area contributed by atoms with Crippen molar-refractivity contribution in [2.75, 3.05) is 25.1 Å². The highest BCUT2D eigenvalue weighted by Gasteiger charge is 2.11. The average molecular weight is 378 g/mol. The maximum Gasteiger partial charge on any atom is 0.344 e. The van der Waals surface area contributed by atoms with Gasteiger partial charge in [-0.25, -0.2) is 4.79 Å². The molecular weight excluding hydrogens is 358 g/mol. The summed E-state index contributed by atoms with van der Waals surface area (Å²) in [6.45, 7) is 3.43. The summed E-state index contributed by atoms with van der Waals surface area (Å²) in [5, 5.41) is 3.15. The van der Waals surface area contributed by atoms with Crippen molar-refractivity contribution >= 4 is 29.2 Å². The van der Waals surface area contributed by atoms with Crippen molar-refractivity contribution < 1.29 is 23.8 Å². The molecule has 0 atom stereocenters. The minimum Gasteiger partial charge on any atom is -0.490 e. The van der Waals surface area contributed by atoms with E-state index in [2.05, 4.69) is 5.32 Å². The van der Waals surface area contributed by atoms with E-state index >= 15 is 0 Å². The van der Waals surface area contributed by atoms with Gasteiger partial charge in [-0.15, -0.1) is 0 Å². The highest BCUT2D eigenvalue weighted by Crippen LogP contribution is 2.26. The minimum absolute atomic E-state index is 0.326. The smallest absolute Gasteiger partial charge is 0.344 e. The fraction of sp³-hybridized carbons (Fsp3) is 0.263. The fourth-order valence-electron chi connectivity index (χ4n) is 2.08. The predicted octanol–water partition coefficient (Wildman–Crippen LogP) is 3.61. The van der Waals surface area contributed by atoms with E-state index in [-0.39, 0.29) is 6.61 Å². The molecule has 0 fully saturated rings. The molecule has 26 heavy (non-hydrogen) atoms. The van der Waals surface area contributed by atoms with Gasteiger partial charge < -0.3 is 19.5 Å². The van der Waals surface area contributed by atoms with Crippen LogP contribution < -0.4 is 14.8 Å². The Morgan fingerprint density at radius 2 is 1.73 bits per heavy atom. The minimum atomic E-state index is -0.658. The van der Waals surface area contributed by atoms with E-state index in [0.29, 0.717) is 28.8 Å². The second-order valence-corrected chi connectivity index (χ2v) is 5.77. The lowest BCUT2D eigenvalue weighted by Crippen LogP contribution is -2.24. The molecule has 0 aliphatic carbocycles. The molecule has 0 spiro atoms. The first-order chi connectivity index (χ1) is 12.5. The lowest BCUT2D eigenvalue weighted by molar-refractivity contribution is -0.149. The number of amides is 1. The van der Waals surface area contributed by atoms with Gasteiger partial charge >= 0.3 is 5.97 Å². The van der Waals surface area contributed by atoms with Crippen LogP contribution in [0.4, 0.5) is 5.69 Å². The number of hydrogen-bond donors (Lipinski definition) is 1. The number of esters is 1. The third-order valence-corrected chi connectivity index (χ3v) is 3.57. The number of aryl methyl sites for hydroxylation is 1. The van der Waals surface area contributed by atoms with Gasteiger partial charge in [0.2, 0.25) is 0 Å². The number of ether oxygens (including phenoxy) is 3. The number of rotatable bonds is 8. The van der Waals surface area contributed by atoms with Gasteiger partial charge in [0.05, 0.1) is 6.61 Å². The summed E-state index contributed by atoms with van der Waals surface area (Å²) in [5.41, 5.74) is 1.42. The molecule has 0 aliphatic rings. The van der Waals surface area contributed by atoms with Crippen LogP contribution in [-0.2, 0) is 14.3 Å². The number of halogens is 1. The molecule has 1 N–H and O–H groups in total. The van der Waals surface area contributed by atoms with Gasteiger partial charge in [-0.1, -0.05) is 29.8 Å². The number of hydrogen-bond acceptors (Lipinski definition) is 5. The molecule has 138 valence electrons. The molecule has 0 bridgehead atoms. The third kappa shape index (κ3) is 5.97. The first-order valence-corrected chi connectivity index (χ1v) is 8.43. The van der Waals surface area contributed by atoms with E-state index in [9.17, 15) is 9.59 Å². The maximum atomic E-state index is 11.9. The van der Waals surface area contributed by atoms with E-state index < -0.39 is 18.5 Å². The number of anilines is 1. The van der Waals surface area contributed by atoms with Crippen LogP contribution in [0, 0.1) is 6.92 Å². The van der Waals surface area contributed by atoms with Gasteiger partial charge in [-0.2, -0.15) is 0 Å². The Morgan fingerprint density at radius 1 is 1.04 bits per heavy atom. The molecule has 2 rings (SSSR count). The third-order valence-electron chi connectivity index (χ3n) is 3.33. The van der Waals surface area contributed by atoms with Crippen LogP contribution in [0.25, 0.3) is 0 Å². The van der Waals surface area contributed by atoms with Crippen LogP contribution in [0.2, 0.25) is 5.02 Å². The monoisotopic (exact) mass is 377 g/mol. The SMILES string of the molecule is CCOc1ccccc1OCC(=O)OCC(=O)Nc1cc(Cl)ccc1C. The number of nitrogens with one attached hydrogen (secondary N) is 1. The zero-order chi connectivity index (χ0) is 18.9. The first kappa shape index (κ1) is 19.6. The molecule has 0 radical (unpaired) electrons. The summed E-state index contributed by atoms with van der Waals surface area (Å²) in [6.07, 6.45) is 0. The van der Waals surface area contributed by atoms with Gasteiger partial charge in [0, 0.05) is 10.7 Å². The van der Waals surface area contributed by atoms with Crippen LogP contribution >= 0.6 is 11.6 Å². The Balaban J connectivity index is 1.80. The first-order valence-electron chi connectivity index (χ1n) is 8.06. The maximum absolute atomic E-state index is 11.9. The quantitative estimate of drug-likeness (QED) is 0.711. The summed E-state index contributed by atoms with van der Waals surface area (Å²) >= 11 is 5.90. The normalized spacial score (nSPS) is 10.1. The predicted molar refractivity (Wildman–Crippen MR) is 98.9 cm³/mol. The van der Waals surface area contributed by atoms with Crippen LogP contribution in [-0.4, -0.2) is 31.7 Å². The van der Waals surface area contributed by atoms with Crippen molar-refractivity contribution in [3.63, 3.8) is 0 Å². The van der Waals surface area contributed by atoms with Gasteiger partial charge in [0.1, 0.15) is 0 Å². The topological polar surface area (TPSA) is 73.9 Å². The average Bonchev–Trinajstić information content (AvgIpc) is 2.62. The van der Waals surface area contributed by atoms with Gasteiger partial charge in [-0.3, -0.25) is 4.79 Å². The number of para-hydroxylation sites is 2. The molecule has 6 nitrogen and oxygen atoms in total. The molecule has 0 aliphatic heterocycles. The zero-order valence-electron chi connectivity index (χ0n) is 14.6. The molecule has 2 aromatic rings. The summed E-state index contributed by atoms with van der Waals surface area (Å²) in [7, 11) is 0. The summed E-state index contributed by atoms with van der Waals surface area (Å²) in [6, 6.07) is 12.1. The van der Waals surface area contributed by atoms with E-state index in [1.165, 1.54) is 0 Å². The zero-order valence-corrected chi connectivity index (χ0v) is 15.3. The molecule has 0 saturated heterocycles. The molecule has 0 unspecified atom stereocenters. The molecule has 1 amide bonds. The van der Waals surface area contributed by atoms with Crippen LogP contribution in [0.1, 0.15) is 12.5 Å². The molecule has 7 heteroatoms. The largest absolute Gasteiger partial charge is 0.490 e. The standard InChI is InChI=1S/C19H20ClNO5/c1-3-24-16-6-4-5-7-17(16)25-12-19(23)26-11-18(22)21-15-10-14(20)9-8-13(15)2/h4-10H,3,11-12H2,1-2H3,(H,21,22). The fourth-order valence-corrected chi connectivity index (χ4v) is 2.26. The van der Waals surface area contributed by atoms with E-state index in [0.717, 1.165) is 5.56 Å². The molecular formula is C19H20ClNO5. The lowest BCUT2D eigenvalue weighted by Gasteiger charge is -2.12. The van der Waals surface area contributed by atoms with Crippen LogP contribution in [0.3, 0.4) is 0 Å². The van der Waals surface area contributed by atoms with Gasteiger partial charge in [0.15, 0.2) is 24.7 Å². The van der Waals surface area contributed by atoms with E-state index in [4.69, 9.17) is 25.8 Å². The van der Waals surface area contributed by atoms with Crippen molar-refractivity contribution in [3.05, 3.63) is 53.1 Å². The van der Waals surface area contributed by atoms with Crippen molar-refractivity contribution in [1.82, 2.24) is 0 Å². The molecule has 0 aromatic heterocycles. The summed E-state index contributed by atoms with van der Waals surface area (Å²) in [5.74, 6) is -0.144. The number of carbonyl (C=O) groups excluding carboxylic acids is 2. The highest BCUT2D eigenvalue weighted by atomic mass is 35.5. The summed E-state index contributed by atoms with van der Waals surface area (Å²) < 4.78 is 15.7. The Kier molecular flexibility index (Phi) is 7.29. The number of benzene rings is 2. The van der Waals surface area contributed by atoms with Crippen molar-refractivity contribution in [2.24, 2.45) is 0 Å². The number of carbonyl (C=O) groups is 2. The van der Waals surface area contributed by atoms with Gasteiger partial charge in [-0.05, 0) is 43.7 Å². The molecule has 0 saturated carbocycles. The van der Waals surface area contributed by atoms with Crippen molar-refractivity contribution in [2.45, 2.75) is 13.8 Å². The Hall–Kier alpha value is -2.73. The Morgan fingerprint density at radius 3 is 2.42 bits per heavy atom. The van der Waals surface area contributed by atoms with Crippen molar-refractivity contribution in [1.29, 1.82) is 0 Å². The Labute approximate surface area is 157 Å². The highest BCUT2D eigenvalue weighted by molar-refractivity contribution is 6.31. The second-order valence-electron chi connectivity index (χ2n) is 5.34. The van der Waals surface area contributed by atoms with Crippen LogP contribution in [0.5, 0.6) is 11.5 Å². The Bertz CT molecular complexity index is 778. The lowest BCUT2D eigenvalue weighted by atomic mass is 10.2. The summed E-state index contributed by atoms with van der Waals surface area (Å²) in [4.78, 5) is 23.7. The molecule has 2 aromatic carbocycles. The van der Waals surface area contributed by atoms with Gasteiger partial charge in [0.25, 0.3) is 5.91 Å². The second kappa shape index (κ2) is 9.68. The van der Waals surface area contributed by atoms with Crippen LogP contribution in [0.15, 0.2) is 42.5 Å². The van der Waals surface area contributed by atoms with E-state index in [1.807, 2.05) is 13.8 Å². The van der Waals surface area contributed by atoms with E-state index in [1.54, 1.807) is 42.5 Å². The molecule has 0 heterocycles. The van der Waals surface area contributed by atoms with Crippen molar-refractivity contribution in [3.8, 4) is 11.5 Å².